The molecule has 2 unspecified atom stereocenters. The lowest BCUT2D eigenvalue weighted by Crippen LogP contribution is -2.22. The van der Waals surface area contributed by atoms with E-state index in [1.54, 1.807) is 12.4 Å². The minimum atomic E-state index is -1.24. The van der Waals surface area contributed by atoms with Gasteiger partial charge in [0.1, 0.15) is 5.67 Å². The summed E-state index contributed by atoms with van der Waals surface area (Å²) in [5, 5.41) is 0. The van der Waals surface area contributed by atoms with E-state index in [0.29, 0.717) is 18.4 Å². The maximum atomic E-state index is 14.4. The first-order valence-electron chi connectivity index (χ1n) is 4.97. The highest BCUT2D eigenvalue weighted by Gasteiger charge is 2.40. The molecule has 0 aromatic carbocycles. The van der Waals surface area contributed by atoms with Crippen LogP contribution in [0.5, 0.6) is 0 Å². The Morgan fingerprint density at radius 2 is 2.43 bits per heavy atom. The summed E-state index contributed by atoms with van der Waals surface area (Å²) in [6.45, 7) is 1.92. The summed E-state index contributed by atoms with van der Waals surface area (Å²) in [5.41, 5.74) is 6.18. The smallest absolute Gasteiger partial charge is 0.139 e. The topological polar surface area (TPSA) is 38.9 Å². The number of hydrogen-bond donors (Lipinski definition) is 1. The van der Waals surface area contributed by atoms with Gasteiger partial charge in [-0.15, -0.1) is 0 Å². The summed E-state index contributed by atoms with van der Waals surface area (Å²) in [6.07, 6.45) is 5.05. The first-order valence-corrected chi connectivity index (χ1v) is 4.97. The summed E-state index contributed by atoms with van der Waals surface area (Å²) in [6, 6.07) is 1.85. The van der Waals surface area contributed by atoms with Crippen molar-refractivity contribution in [3.05, 3.63) is 29.6 Å². The number of rotatable bonds is 1. The fourth-order valence-electron chi connectivity index (χ4n) is 2.21. The Morgan fingerprint density at radius 3 is 3.00 bits per heavy atom. The molecule has 76 valence electrons. The van der Waals surface area contributed by atoms with E-state index >= 15 is 0 Å². The molecule has 1 aromatic rings. The number of nitrogens with zero attached hydrogens (tertiary/aromatic N) is 1. The minimum Gasteiger partial charge on any atom is -0.328 e. The molecule has 1 heterocycles. The molecule has 1 aromatic heterocycles. The zero-order chi connectivity index (χ0) is 10.2. The van der Waals surface area contributed by atoms with Crippen LogP contribution in [0.4, 0.5) is 4.39 Å². The minimum absolute atomic E-state index is 0.000365. The molecule has 0 amide bonds. The quantitative estimate of drug-likeness (QED) is 0.743. The Kier molecular flexibility index (Phi) is 2.27. The predicted molar refractivity (Wildman–Crippen MR) is 53.6 cm³/mol. The van der Waals surface area contributed by atoms with Gasteiger partial charge in [0.15, 0.2) is 0 Å². The summed E-state index contributed by atoms with van der Waals surface area (Å²) in [7, 11) is 0. The van der Waals surface area contributed by atoms with Crippen molar-refractivity contribution in [1.82, 2.24) is 4.98 Å². The monoisotopic (exact) mass is 194 g/mol. The normalized spacial score (nSPS) is 32.1. The van der Waals surface area contributed by atoms with Gasteiger partial charge in [-0.1, -0.05) is 0 Å². The summed E-state index contributed by atoms with van der Waals surface area (Å²) >= 11 is 0. The number of aryl methyl sites for hydroxylation is 1. The molecule has 2 atom stereocenters. The van der Waals surface area contributed by atoms with E-state index in [9.17, 15) is 4.39 Å². The molecule has 0 aliphatic heterocycles. The van der Waals surface area contributed by atoms with Crippen molar-refractivity contribution in [3.8, 4) is 0 Å². The van der Waals surface area contributed by atoms with Crippen molar-refractivity contribution in [2.45, 2.75) is 37.9 Å². The molecule has 0 spiro atoms. The van der Waals surface area contributed by atoms with Gasteiger partial charge < -0.3 is 5.73 Å². The third kappa shape index (κ3) is 1.52. The lowest BCUT2D eigenvalue weighted by molar-refractivity contribution is 0.171. The Bertz CT molecular complexity index is 340. The number of aromatic nitrogens is 1. The maximum Gasteiger partial charge on any atom is 0.139 e. The van der Waals surface area contributed by atoms with Crippen molar-refractivity contribution in [2.75, 3.05) is 0 Å². The molecule has 2 N–H and O–H groups in total. The van der Waals surface area contributed by atoms with Gasteiger partial charge in [0.25, 0.3) is 0 Å². The Balaban J connectivity index is 2.35. The summed E-state index contributed by atoms with van der Waals surface area (Å²) < 4.78 is 14.4. The standard InChI is InChI=1S/C11H15FN2/c1-8-3-5-14-7-10(8)11(12)4-2-9(13)6-11/h3,5,7,9H,2,4,6,13H2,1H3. The second-order valence-corrected chi connectivity index (χ2v) is 4.16. The Labute approximate surface area is 83.3 Å². The second kappa shape index (κ2) is 3.31. The number of hydrogen-bond acceptors (Lipinski definition) is 2. The van der Waals surface area contributed by atoms with E-state index in [2.05, 4.69) is 4.98 Å². The van der Waals surface area contributed by atoms with E-state index in [0.717, 1.165) is 12.0 Å². The highest BCUT2D eigenvalue weighted by Crippen LogP contribution is 2.42. The largest absolute Gasteiger partial charge is 0.328 e. The van der Waals surface area contributed by atoms with Crippen LogP contribution in [-0.2, 0) is 5.67 Å². The van der Waals surface area contributed by atoms with Gasteiger partial charge in [-0.2, -0.15) is 0 Å². The van der Waals surface area contributed by atoms with Gasteiger partial charge in [0.2, 0.25) is 0 Å². The van der Waals surface area contributed by atoms with Gasteiger partial charge in [0, 0.05) is 30.4 Å². The van der Waals surface area contributed by atoms with Gasteiger partial charge in [-0.05, 0) is 31.4 Å². The molecule has 14 heavy (non-hydrogen) atoms. The van der Waals surface area contributed by atoms with Gasteiger partial charge in [0.05, 0.1) is 0 Å². The first-order chi connectivity index (χ1) is 6.62. The van der Waals surface area contributed by atoms with Gasteiger partial charge in [-0.3, -0.25) is 4.98 Å². The fraction of sp³-hybridized carbons (Fsp3) is 0.545. The van der Waals surface area contributed by atoms with Crippen molar-refractivity contribution in [3.63, 3.8) is 0 Å². The molecule has 1 aliphatic rings. The van der Waals surface area contributed by atoms with Crippen molar-refractivity contribution in [1.29, 1.82) is 0 Å². The molecule has 1 fully saturated rings. The Morgan fingerprint density at radius 1 is 1.64 bits per heavy atom. The maximum absolute atomic E-state index is 14.4. The zero-order valence-corrected chi connectivity index (χ0v) is 8.33. The van der Waals surface area contributed by atoms with Crippen molar-refractivity contribution in [2.24, 2.45) is 5.73 Å². The first kappa shape index (κ1) is 9.59. The number of alkyl halides is 1. The average Bonchev–Trinajstić information content (AvgIpc) is 2.48. The number of halogens is 1. The second-order valence-electron chi connectivity index (χ2n) is 4.16. The molecule has 0 radical (unpaired) electrons. The van der Waals surface area contributed by atoms with Crippen LogP contribution in [0.25, 0.3) is 0 Å². The molecule has 3 heteroatoms. The zero-order valence-electron chi connectivity index (χ0n) is 8.33. The lowest BCUT2D eigenvalue weighted by Gasteiger charge is -2.21. The fourth-order valence-corrected chi connectivity index (χ4v) is 2.21. The van der Waals surface area contributed by atoms with Crippen LogP contribution >= 0.6 is 0 Å². The van der Waals surface area contributed by atoms with Gasteiger partial charge in [-0.25, -0.2) is 4.39 Å². The Hall–Kier alpha value is -0.960. The van der Waals surface area contributed by atoms with Crippen LogP contribution in [0, 0.1) is 6.92 Å². The molecular weight excluding hydrogens is 179 g/mol. The van der Waals surface area contributed by atoms with E-state index in [4.69, 9.17) is 5.73 Å². The molecule has 0 bridgehead atoms. The van der Waals surface area contributed by atoms with Crippen LogP contribution in [0.3, 0.4) is 0 Å². The third-order valence-corrected chi connectivity index (χ3v) is 3.02. The average molecular weight is 194 g/mol. The highest BCUT2D eigenvalue weighted by molar-refractivity contribution is 5.29. The summed E-state index contributed by atoms with van der Waals surface area (Å²) in [4.78, 5) is 3.98. The number of pyridine rings is 1. The van der Waals surface area contributed by atoms with Crippen LogP contribution < -0.4 is 5.73 Å². The lowest BCUT2D eigenvalue weighted by atomic mass is 9.92. The van der Waals surface area contributed by atoms with Crippen molar-refractivity contribution >= 4 is 0 Å². The molecule has 1 saturated carbocycles. The van der Waals surface area contributed by atoms with Crippen LogP contribution in [0.15, 0.2) is 18.5 Å². The van der Waals surface area contributed by atoms with Crippen LogP contribution in [0.1, 0.15) is 30.4 Å². The third-order valence-electron chi connectivity index (χ3n) is 3.02. The van der Waals surface area contributed by atoms with E-state index in [1.165, 1.54) is 0 Å². The summed E-state index contributed by atoms with van der Waals surface area (Å²) in [5.74, 6) is 0. The highest BCUT2D eigenvalue weighted by atomic mass is 19.1. The van der Waals surface area contributed by atoms with Crippen LogP contribution in [0.2, 0.25) is 0 Å². The van der Waals surface area contributed by atoms with Gasteiger partial charge >= 0.3 is 0 Å². The molecule has 2 nitrogen and oxygen atoms in total. The SMILES string of the molecule is Cc1ccncc1C1(F)CCC(N)C1. The van der Waals surface area contributed by atoms with Crippen LogP contribution in [-0.4, -0.2) is 11.0 Å². The van der Waals surface area contributed by atoms with E-state index in [-0.39, 0.29) is 6.04 Å². The van der Waals surface area contributed by atoms with E-state index in [1.807, 2.05) is 13.0 Å². The molecule has 0 saturated heterocycles. The molecule has 1 aliphatic carbocycles. The number of nitrogens with two attached hydrogens (primary N) is 1. The predicted octanol–water partition coefficient (Wildman–Crippen LogP) is 2.07. The molecular formula is C11H15FN2. The van der Waals surface area contributed by atoms with E-state index < -0.39 is 5.67 Å². The van der Waals surface area contributed by atoms with Crippen molar-refractivity contribution < 1.29 is 4.39 Å². The molecule has 2 rings (SSSR count).